The van der Waals surface area contributed by atoms with Crippen molar-refractivity contribution < 1.29 is 22.7 Å². The zero-order chi connectivity index (χ0) is 19.2. The molecular formula is C19H25NO5S. The van der Waals surface area contributed by atoms with Crippen LogP contribution in [0.15, 0.2) is 24.3 Å². The van der Waals surface area contributed by atoms with Gasteiger partial charge in [0, 0.05) is 12.1 Å². The van der Waals surface area contributed by atoms with Gasteiger partial charge in [0.25, 0.3) is 0 Å². The molecule has 0 amide bonds. The molecule has 0 aromatic heterocycles. The predicted molar refractivity (Wildman–Crippen MR) is 98.4 cm³/mol. The Morgan fingerprint density at radius 2 is 1.92 bits per heavy atom. The highest BCUT2D eigenvalue weighted by Gasteiger charge is 2.65. The van der Waals surface area contributed by atoms with Gasteiger partial charge >= 0.3 is 5.97 Å². The first-order valence-electron chi connectivity index (χ1n) is 8.92. The number of ether oxygens (including phenoxy) is 1. The van der Waals surface area contributed by atoms with Gasteiger partial charge in [0.15, 0.2) is 0 Å². The third-order valence-corrected chi connectivity index (χ3v) is 7.66. The zero-order valence-corrected chi connectivity index (χ0v) is 16.2. The number of carbonyl (C=O) groups excluding carboxylic acids is 2. The lowest BCUT2D eigenvalue weighted by atomic mass is 9.70. The van der Waals surface area contributed by atoms with Crippen LogP contribution < -0.4 is 4.72 Å². The number of Topliss-reactive ketones (excluding diaryl/α,β-unsaturated/α-hetero) is 1. The molecule has 142 valence electrons. The van der Waals surface area contributed by atoms with Crippen molar-refractivity contribution in [3.8, 4) is 0 Å². The Morgan fingerprint density at radius 3 is 2.42 bits per heavy atom. The summed E-state index contributed by atoms with van der Waals surface area (Å²) in [6, 6.07) is 6.09. The van der Waals surface area contributed by atoms with Gasteiger partial charge in [-0.3, -0.25) is 9.52 Å². The van der Waals surface area contributed by atoms with E-state index in [4.69, 9.17) is 4.74 Å². The summed E-state index contributed by atoms with van der Waals surface area (Å²) in [4.78, 5) is 24.2. The minimum absolute atomic E-state index is 0.0711. The summed E-state index contributed by atoms with van der Waals surface area (Å²) in [5.41, 5.74) is -0.368. The van der Waals surface area contributed by atoms with Crippen LogP contribution in [0.25, 0.3) is 0 Å². The number of hydrogen-bond acceptors (Lipinski definition) is 5. The molecule has 2 saturated carbocycles. The van der Waals surface area contributed by atoms with Crippen LogP contribution in [0, 0.1) is 16.7 Å². The number of ketones is 1. The minimum atomic E-state index is -3.70. The second kappa shape index (κ2) is 6.37. The molecule has 0 spiro atoms. The first-order valence-corrected chi connectivity index (χ1v) is 10.6. The fraction of sp³-hybridized carbons (Fsp3) is 0.579. The van der Waals surface area contributed by atoms with E-state index < -0.39 is 21.4 Å². The average Bonchev–Trinajstić information content (AvgIpc) is 2.89. The van der Waals surface area contributed by atoms with E-state index in [1.807, 2.05) is 13.8 Å². The molecule has 7 heteroatoms. The van der Waals surface area contributed by atoms with Gasteiger partial charge in [-0.15, -0.1) is 0 Å². The van der Waals surface area contributed by atoms with Crippen molar-refractivity contribution >= 4 is 27.5 Å². The molecule has 0 radical (unpaired) electrons. The molecule has 0 unspecified atom stereocenters. The van der Waals surface area contributed by atoms with Crippen LogP contribution >= 0.6 is 0 Å². The fourth-order valence-electron chi connectivity index (χ4n) is 4.54. The summed E-state index contributed by atoms with van der Waals surface area (Å²) in [6.45, 7) is 6.03. The predicted octanol–water partition coefficient (Wildman–Crippen LogP) is 3.00. The Balaban J connectivity index is 1.76. The highest BCUT2D eigenvalue weighted by Crippen LogP contribution is 2.64. The zero-order valence-electron chi connectivity index (χ0n) is 15.4. The maximum Gasteiger partial charge on any atom is 0.338 e. The van der Waals surface area contributed by atoms with Crippen LogP contribution in [0.4, 0.5) is 5.69 Å². The number of nitrogens with one attached hydrogen (secondary N) is 1. The minimum Gasteiger partial charge on any atom is -0.462 e. The van der Waals surface area contributed by atoms with Crippen molar-refractivity contribution in [2.24, 2.45) is 16.7 Å². The standard InChI is InChI=1S/C19H25NO5S/c1-4-25-17(22)13-5-7-15(8-6-13)20-26(23,24)12-19-10-9-14(11-16(19)21)18(19,2)3/h5-8,14,20H,4,9-12H2,1-3H3/t14-,19+/m1/s1. The molecule has 6 nitrogen and oxygen atoms in total. The normalized spacial score (nSPS) is 26.7. The van der Waals surface area contributed by atoms with Gasteiger partial charge in [0.1, 0.15) is 5.78 Å². The van der Waals surface area contributed by atoms with E-state index in [1.165, 1.54) is 24.3 Å². The molecule has 0 aliphatic heterocycles. The molecule has 1 aromatic carbocycles. The van der Waals surface area contributed by atoms with Gasteiger partial charge in [0.05, 0.1) is 23.3 Å². The van der Waals surface area contributed by atoms with Crippen molar-refractivity contribution in [3.05, 3.63) is 29.8 Å². The summed E-state index contributed by atoms with van der Waals surface area (Å²) < 4.78 is 32.9. The number of rotatable bonds is 6. The lowest BCUT2D eigenvalue weighted by Gasteiger charge is -2.36. The molecule has 1 aromatic rings. The van der Waals surface area contributed by atoms with E-state index in [-0.39, 0.29) is 29.5 Å². The maximum absolute atomic E-state index is 12.7. The smallest absolute Gasteiger partial charge is 0.338 e. The summed E-state index contributed by atoms with van der Waals surface area (Å²) in [5, 5.41) is 0. The number of anilines is 1. The van der Waals surface area contributed by atoms with Gasteiger partial charge < -0.3 is 4.74 Å². The molecule has 2 bridgehead atoms. The second-order valence-electron chi connectivity index (χ2n) is 7.83. The summed E-state index contributed by atoms with van der Waals surface area (Å²) >= 11 is 0. The van der Waals surface area contributed by atoms with Gasteiger partial charge in [-0.05, 0) is 55.4 Å². The van der Waals surface area contributed by atoms with Crippen molar-refractivity contribution in [2.75, 3.05) is 17.1 Å². The number of esters is 1. The molecule has 0 saturated heterocycles. The van der Waals surface area contributed by atoms with E-state index >= 15 is 0 Å². The van der Waals surface area contributed by atoms with Crippen LogP contribution in [0.3, 0.4) is 0 Å². The SMILES string of the molecule is CCOC(=O)c1ccc(NS(=O)(=O)C[C@@]23CC[C@H](CC2=O)C3(C)C)cc1. The molecule has 2 aliphatic rings. The Kier molecular flexibility index (Phi) is 4.63. The monoisotopic (exact) mass is 379 g/mol. The lowest BCUT2D eigenvalue weighted by Crippen LogP contribution is -2.43. The molecular weight excluding hydrogens is 354 g/mol. The van der Waals surface area contributed by atoms with E-state index in [2.05, 4.69) is 4.72 Å². The number of hydrogen-bond donors (Lipinski definition) is 1. The number of sulfonamides is 1. The van der Waals surface area contributed by atoms with Crippen molar-refractivity contribution in [1.82, 2.24) is 0 Å². The third-order valence-electron chi connectivity index (χ3n) is 6.24. The van der Waals surface area contributed by atoms with Gasteiger partial charge in [0.2, 0.25) is 10.0 Å². The molecule has 3 rings (SSSR count). The first kappa shape index (κ1) is 18.9. The summed E-state index contributed by atoms with van der Waals surface area (Å²) in [7, 11) is -3.70. The number of fused-ring (bicyclic) bond motifs is 2. The van der Waals surface area contributed by atoms with Crippen molar-refractivity contribution in [3.63, 3.8) is 0 Å². The highest BCUT2D eigenvalue weighted by atomic mass is 32.2. The highest BCUT2D eigenvalue weighted by molar-refractivity contribution is 7.92. The third kappa shape index (κ3) is 3.02. The Labute approximate surface area is 154 Å². The maximum atomic E-state index is 12.7. The molecule has 26 heavy (non-hydrogen) atoms. The number of benzene rings is 1. The van der Waals surface area contributed by atoms with Crippen molar-refractivity contribution in [2.45, 2.75) is 40.0 Å². The average molecular weight is 379 g/mol. The topological polar surface area (TPSA) is 89.5 Å². The van der Waals surface area contributed by atoms with E-state index in [0.717, 1.165) is 6.42 Å². The van der Waals surface area contributed by atoms with E-state index in [1.54, 1.807) is 6.92 Å². The molecule has 2 fully saturated rings. The van der Waals surface area contributed by atoms with E-state index in [9.17, 15) is 18.0 Å². The molecule has 2 aliphatic carbocycles. The Morgan fingerprint density at radius 1 is 1.27 bits per heavy atom. The second-order valence-corrected chi connectivity index (χ2v) is 9.55. The van der Waals surface area contributed by atoms with Gasteiger partial charge in [-0.25, -0.2) is 13.2 Å². The molecule has 2 atom stereocenters. The quantitative estimate of drug-likeness (QED) is 0.768. The van der Waals surface area contributed by atoms with E-state index in [0.29, 0.717) is 24.1 Å². The largest absolute Gasteiger partial charge is 0.462 e. The van der Waals surface area contributed by atoms with Gasteiger partial charge in [-0.2, -0.15) is 0 Å². The van der Waals surface area contributed by atoms with Gasteiger partial charge in [-0.1, -0.05) is 13.8 Å². The summed E-state index contributed by atoms with van der Waals surface area (Å²) in [6.07, 6.45) is 2.02. The van der Waals surface area contributed by atoms with Crippen LogP contribution in [-0.4, -0.2) is 32.5 Å². The molecule has 1 N–H and O–H groups in total. The summed E-state index contributed by atoms with van der Waals surface area (Å²) in [5.74, 6) is -0.297. The van der Waals surface area contributed by atoms with Crippen LogP contribution in [0.2, 0.25) is 0 Å². The Hall–Kier alpha value is -1.89. The van der Waals surface area contributed by atoms with Crippen LogP contribution in [0.5, 0.6) is 0 Å². The van der Waals surface area contributed by atoms with Crippen LogP contribution in [-0.2, 0) is 19.6 Å². The van der Waals surface area contributed by atoms with Crippen molar-refractivity contribution in [1.29, 1.82) is 0 Å². The fourth-order valence-corrected chi connectivity index (χ4v) is 6.43. The van der Waals surface area contributed by atoms with Crippen LogP contribution in [0.1, 0.15) is 50.4 Å². The first-order chi connectivity index (χ1) is 12.1. The molecule has 0 heterocycles. The number of carbonyl (C=O) groups is 2. The Bertz CT molecular complexity index is 828. The lowest BCUT2D eigenvalue weighted by molar-refractivity contribution is -0.128.